The third-order valence-corrected chi connectivity index (χ3v) is 6.57. The molecule has 6 nitrogen and oxygen atoms in total. The lowest BCUT2D eigenvalue weighted by Crippen LogP contribution is -2.14. The fourth-order valence-electron chi connectivity index (χ4n) is 4.59. The van der Waals surface area contributed by atoms with Crippen molar-refractivity contribution in [3.05, 3.63) is 80.4 Å². The predicted molar refractivity (Wildman–Crippen MR) is 139 cm³/mol. The van der Waals surface area contributed by atoms with Crippen molar-refractivity contribution in [3.63, 3.8) is 0 Å². The zero-order valence-electron chi connectivity index (χ0n) is 22.0. The van der Waals surface area contributed by atoms with Gasteiger partial charge in [0, 0.05) is 23.5 Å². The minimum atomic E-state index is -0.955. The van der Waals surface area contributed by atoms with Gasteiger partial charge in [-0.25, -0.2) is 4.79 Å². The number of aromatic carboxylic acids is 1. The molecule has 0 bridgehead atoms. The van der Waals surface area contributed by atoms with E-state index in [9.17, 15) is 9.90 Å². The van der Waals surface area contributed by atoms with Crippen LogP contribution in [0.4, 0.5) is 0 Å². The van der Waals surface area contributed by atoms with E-state index in [0.29, 0.717) is 24.8 Å². The Kier molecular flexibility index (Phi) is 8.41. The summed E-state index contributed by atoms with van der Waals surface area (Å²) in [6.07, 6.45) is 0.866. The summed E-state index contributed by atoms with van der Waals surface area (Å²) in [7, 11) is 0. The maximum Gasteiger partial charge on any atom is 0.337 e. The smallest absolute Gasteiger partial charge is 0.337 e. The molecule has 0 unspecified atom stereocenters. The summed E-state index contributed by atoms with van der Waals surface area (Å²) in [5.41, 5.74) is 16.9. The van der Waals surface area contributed by atoms with Gasteiger partial charge in [-0.1, -0.05) is 43.7 Å². The number of pyridine rings is 2. The molecule has 3 rings (SSSR count). The number of hydrogen-bond donors (Lipinski definition) is 2. The van der Waals surface area contributed by atoms with Gasteiger partial charge in [-0.15, -0.1) is 0 Å². The summed E-state index contributed by atoms with van der Waals surface area (Å²) in [6, 6.07) is 8.49. The van der Waals surface area contributed by atoms with Gasteiger partial charge in [0.2, 0.25) is 0 Å². The third kappa shape index (κ3) is 5.77. The number of carboxylic acids is 1. The Morgan fingerprint density at radius 3 is 2.11 bits per heavy atom. The summed E-state index contributed by atoms with van der Waals surface area (Å²) >= 11 is 0. The summed E-state index contributed by atoms with van der Waals surface area (Å²) < 4.78 is 6.19. The van der Waals surface area contributed by atoms with Crippen LogP contribution >= 0.6 is 0 Å². The molecule has 0 saturated carbocycles. The highest BCUT2D eigenvalue weighted by molar-refractivity contribution is 5.91. The van der Waals surface area contributed by atoms with Crippen LogP contribution in [0.15, 0.2) is 24.3 Å². The van der Waals surface area contributed by atoms with Crippen LogP contribution in [0, 0.1) is 40.5 Å². The van der Waals surface area contributed by atoms with Crippen LogP contribution in [-0.2, 0) is 30.9 Å². The fourth-order valence-corrected chi connectivity index (χ4v) is 4.59. The van der Waals surface area contributed by atoms with Gasteiger partial charge in [0.05, 0.1) is 30.2 Å². The van der Waals surface area contributed by atoms with Crippen molar-refractivity contribution in [1.29, 1.82) is 0 Å². The van der Waals surface area contributed by atoms with Crippen LogP contribution in [-0.4, -0.2) is 21.0 Å². The Labute approximate surface area is 208 Å². The molecule has 2 aromatic heterocycles. The van der Waals surface area contributed by atoms with E-state index in [1.54, 1.807) is 6.92 Å². The molecule has 0 saturated heterocycles. The highest BCUT2D eigenvalue weighted by Crippen LogP contribution is 2.33. The number of ether oxygens (including phenoxy) is 1. The van der Waals surface area contributed by atoms with Crippen molar-refractivity contribution in [3.8, 4) is 11.1 Å². The molecule has 2 heterocycles. The Morgan fingerprint density at radius 2 is 1.54 bits per heavy atom. The molecule has 35 heavy (non-hydrogen) atoms. The van der Waals surface area contributed by atoms with E-state index in [1.807, 2.05) is 20.8 Å². The third-order valence-electron chi connectivity index (χ3n) is 6.57. The quantitative estimate of drug-likeness (QED) is 0.408. The molecule has 0 spiro atoms. The first kappa shape index (κ1) is 26.5. The van der Waals surface area contributed by atoms with Gasteiger partial charge in [-0.3, -0.25) is 9.97 Å². The zero-order valence-corrected chi connectivity index (χ0v) is 22.0. The Bertz CT molecular complexity index is 1230. The molecule has 0 aliphatic heterocycles. The van der Waals surface area contributed by atoms with Crippen LogP contribution < -0.4 is 5.73 Å². The molecule has 6 heteroatoms. The van der Waals surface area contributed by atoms with E-state index in [0.717, 1.165) is 56.9 Å². The minimum Gasteiger partial charge on any atom is -0.478 e. The van der Waals surface area contributed by atoms with Crippen molar-refractivity contribution in [1.82, 2.24) is 9.97 Å². The fraction of sp³-hybridized carbons (Fsp3) is 0.414. The van der Waals surface area contributed by atoms with Gasteiger partial charge >= 0.3 is 5.97 Å². The Morgan fingerprint density at radius 1 is 0.914 bits per heavy atom. The normalized spacial score (nSPS) is 11.3. The van der Waals surface area contributed by atoms with Gasteiger partial charge in [-0.2, -0.15) is 0 Å². The lowest BCUT2D eigenvalue weighted by molar-refractivity contribution is 0.0693. The number of benzene rings is 1. The SMILES string of the molecule is Cc1ccc(-c2c(COCc3nc(C)c(C(=O)O)c(C)c3C)c(C)nc(CC(C)C)c2CN)cc1. The second-order valence-corrected chi connectivity index (χ2v) is 9.71. The number of carbonyl (C=O) groups is 1. The average molecular weight is 476 g/mol. The molecule has 0 radical (unpaired) electrons. The maximum absolute atomic E-state index is 11.6. The molecule has 3 aromatic rings. The predicted octanol–water partition coefficient (Wildman–Crippen LogP) is 5.76. The van der Waals surface area contributed by atoms with Crippen molar-refractivity contribution in [2.24, 2.45) is 11.7 Å². The maximum atomic E-state index is 11.6. The molecule has 0 amide bonds. The number of nitrogens with zero attached hydrogens (tertiary/aromatic N) is 2. The molecule has 186 valence electrons. The van der Waals surface area contributed by atoms with Gasteiger partial charge in [0.15, 0.2) is 0 Å². The summed E-state index contributed by atoms with van der Waals surface area (Å²) in [4.78, 5) is 21.1. The number of carboxylic acid groups (broad SMARTS) is 1. The van der Waals surface area contributed by atoms with Crippen LogP contribution in [0.25, 0.3) is 11.1 Å². The van der Waals surface area contributed by atoms with Crippen LogP contribution in [0.3, 0.4) is 0 Å². The van der Waals surface area contributed by atoms with Gasteiger partial charge in [0.25, 0.3) is 0 Å². The average Bonchev–Trinajstić information content (AvgIpc) is 2.78. The number of hydrogen-bond acceptors (Lipinski definition) is 5. The second kappa shape index (κ2) is 11.1. The number of aromatic nitrogens is 2. The highest BCUT2D eigenvalue weighted by Gasteiger charge is 2.21. The van der Waals surface area contributed by atoms with Crippen molar-refractivity contribution in [2.45, 2.75) is 74.6 Å². The van der Waals surface area contributed by atoms with Crippen molar-refractivity contribution >= 4 is 5.97 Å². The van der Waals surface area contributed by atoms with E-state index in [4.69, 9.17) is 15.5 Å². The Balaban J connectivity index is 2.01. The summed E-state index contributed by atoms with van der Waals surface area (Å²) in [6.45, 7) is 15.0. The van der Waals surface area contributed by atoms with Crippen molar-refractivity contribution in [2.75, 3.05) is 0 Å². The zero-order chi connectivity index (χ0) is 25.9. The molecule has 0 aliphatic carbocycles. The first-order chi connectivity index (χ1) is 16.5. The van der Waals surface area contributed by atoms with E-state index >= 15 is 0 Å². The van der Waals surface area contributed by atoms with Gasteiger partial charge < -0.3 is 15.6 Å². The molecule has 1 aromatic carbocycles. The van der Waals surface area contributed by atoms with Crippen LogP contribution in [0.2, 0.25) is 0 Å². The van der Waals surface area contributed by atoms with Crippen molar-refractivity contribution < 1.29 is 14.6 Å². The largest absolute Gasteiger partial charge is 0.478 e. The van der Waals surface area contributed by atoms with Gasteiger partial charge in [0.1, 0.15) is 0 Å². The minimum absolute atomic E-state index is 0.265. The second-order valence-electron chi connectivity index (χ2n) is 9.71. The molecule has 0 aliphatic rings. The van der Waals surface area contributed by atoms with E-state index < -0.39 is 5.97 Å². The Hall–Kier alpha value is -3.09. The lowest BCUT2D eigenvalue weighted by Gasteiger charge is -2.21. The summed E-state index contributed by atoms with van der Waals surface area (Å²) in [5, 5.41) is 9.51. The molecule has 0 fully saturated rings. The van der Waals surface area contributed by atoms with E-state index in [-0.39, 0.29) is 12.2 Å². The summed E-state index contributed by atoms with van der Waals surface area (Å²) in [5.74, 6) is -0.488. The monoisotopic (exact) mass is 475 g/mol. The molecular formula is C29H37N3O3. The van der Waals surface area contributed by atoms with Crippen LogP contribution in [0.5, 0.6) is 0 Å². The van der Waals surface area contributed by atoms with E-state index in [2.05, 4.69) is 50.0 Å². The first-order valence-corrected chi connectivity index (χ1v) is 12.1. The number of rotatable bonds is 9. The number of aryl methyl sites for hydroxylation is 3. The molecular weight excluding hydrogens is 438 g/mol. The highest BCUT2D eigenvalue weighted by atomic mass is 16.5. The number of nitrogens with two attached hydrogens (primary N) is 1. The molecule has 0 atom stereocenters. The first-order valence-electron chi connectivity index (χ1n) is 12.1. The standard InChI is InChI=1S/C29H37N3O3/c1-16(2)12-25-23(13-30)28(22-10-8-17(3)9-11-22)24(20(6)31-25)14-35-15-26-18(4)19(5)27(29(33)34)21(7)32-26/h8-11,16H,12-15,30H2,1-7H3,(H,33,34). The van der Waals surface area contributed by atoms with E-state index in [1.165, 1.54) is 5.56 Å². The topological polar surface area (TPSA) is 98.3 Å². The van der Waals surface area contributed by atoms with Gasteiger partial charge in [-0.05, 0) is 74.8 Å². The van der Waals surface area contributed by atoms with Crippen LogP contribution in [0.1, 0.15) is 74.8 Å². The lowest BCUT2D eigenvalue weighted by atomic mass is 9.90. The molecule has 3 N–H and O–H groups in total.